The van der Waals surface area contributed by atoms with Crippen LogP contribution in [0.2, 0.25) is 0 Å². The van der Waals surface area contributed by atoms with Gasteiger partial charge in [-0.05, 0) is 68.6 Å². The van der Waals surface area contributed by atoms with Crippen molar-refractivity contribution in [3.63, 3.8) is 0 Å². The lowest BCUT2D eigenvalue weighted by molar-refractivity contribution is -0.136. The largest absolute Gasteiger partial charge is 0.439 e. The van der Waals surface area contributed by atoms with Gasteiger partial charge in [0.2, 0.25) is 11.8 Å². The van der Waals surface area contributed by atoms with Crippen molar-refractivity contribution in [2.24, 2.45) is 5.92 Å². The molecule has 1 aromatic heterocycles. The average Bonchev–Trinajstić information content (AvgIpc) is 3.65. The number of nitrogens with two attached hydrogens (primary N) is 1. The number of hydrogen-bond acceptors (Lipinski definition) is 8. The fourth-order valence-electron chi connectivity index (χ4n) is 7.10. The normalized spacial score (nSPS) is 25.9. The van der Waals surface area contributed by atoms with Gasteiger partial charge in [-0.1, -0.05) is 24.0 Å². The smallest absolute Gasteiger partial charge is 0.411 e. The molecule has 6 rings (SSSR count). The highest BCUT2D eigenvalue weighted by atomic mass is 19.3. The summed E-state index contributed by atoms with van der Waals surface area (Å²) in [6.07, 6.45) is 5.23. The van der Waals surface area contributed by atoms with Gasteiger partial charge in [0.15, 0.2) is 5.69 Å². The van der Waals surface area contributed by atoms with E-state index in [2.05, 4.69) is 27.2 Å². The van der Waals surface area contributed by atoms with E-state index in [4.69, 9.17) is 15.2 Å². The third-order valence-corrected chi connectivity index (χ3v) is 9.76. The first kappa shape index (κ1) is 32.9. The lowest BCUT2D eigenvalue weighted by Crippen LogP contribution is -2.52. The van der Waals surface area contributed by atoms with Crippen LogP contribution in [0.25, 0.3) is 0 Å². The minimum atomic E-state index is -2.64. The molecule has 11 nitrogen and oxygen atoms in total. The summed E-state index contributed by atoms with van der Waals surface area (Å²) in [6, 6.07) is 7.00. The molecule has 3 N–H and O–H groups in total. The van der Waals surface area contributed by atoms with Crippen molar-refractivity contribution in [2.45, 2.75) is 88.5 Å². The maximum absolute atomic E-state index is 13.0. The number of anilines is 1. The van der Waals surface area contributed by atoms with Crippen LogP contribution in [-0.4, -0.2) is 82.4 Å². The number of aromatic nitrogens is 2. The molecule has 3 aliphatic heterocycles. The Morgan fingerprint density at radius 2 is 1.79 bits per heavy atom. The maximum Gasteiger partial charge on any atom is 0.411 e. The van der Waals surface area contributed by atoms with Crippen molar-refractivity contribution < 1.29 is 32.6 Å². The Balaban J connectivity index is 0.860. The maximum atomic E-state index is 13.0. The summed E-state index contributed by atoms with van der Waals surface area (Å²) in [4.78, 5) is 40.0. The summed E-state index contributed by atoms with van der Waals surface area (Å²) < 4.78 is 39.4. The highest BCUT2D eigenvalue weighted by Crippen LogP contribution is 2.35. The Morgan fingerprint density at radius 1 is 1.04 bits per heavy atom. The quantitative estimate of drug-likeness (QED) is 0.232. The molecule has 47 heavy (non-hydrogen) atoms. The number of ether oxygens (including phenoxy) is 2. The fraction of sp³-hybridized carbons (Fsp3) is 0.588. The minimum Gasteiger partial charge on any atom is -0.439 e. The highest BCUT2D eigenvalue weighted by molar-refractivity contribution is 6.01. The number of piperidine rings is 2. The second-order valence-electron chi connectivity index (χ2n) is 13.0. The zero-order valence-electron chi connectivity index (χ0n) is 26.4. The number of nitrogen functional groups attached to an aromatic ring is 1. The number of nitrogens with one attached hydrogen (secondary N) is 1. The van der Waals surface area contributed by atoms with Crippen molar-refractivity contribution in [1.82, 2.24) is 24.9 Å². The lowest BCUT2D eigenvalue weighted by Gasteiger charge is -2.36. The van der Waals surface area contributed by atoms with Crippen LogP contribution in [0.15, 0.2) is 30.5 Å². The molecule has 2 aromatic rings. The average molecular weight is 653 g/mol. The molecule has 4 fully saturated rings. The van der Waals surface area contributed by atoms with Gasteiger partial charge >= 0.3 is 6.09 Å². The number of alkyl halides is 2. The molecule has 0 spiro atoms. The van der Waals surface area contributed by atoms with Crippen molar-refractivity contribution in [3.05, 3.63) is 47.3 Å². The Labute approximate surface area is 273 Å². The van der Waals surface area contributed by atoms with Crippen LogP contribution >= 0.6 is 0 Å². The first-order valence-electron chi connectivity index (χ1n) is 16.6. The molecule has 4 aliphatic rings. The van der Waals surface area contributed by atoms with E-state index < -0.39 is 30.6 Å². The Hall–Kier alpha value is -4.02. The van der Waals surface area contributed by atoms with Gasteiger partial charge in [-0.15, -0.1) is 0 Å². The summed E-state index contributed by atoms with van der Waals surface area (Å²) in [5.74, 6) is 6.18. The predicted octanol–water partition coefficient (Wildman–Crippen LogP) is 4.36. The summed E-state index contributed by atoms with van der Waals surface area (Å²) in [7, 11) is 0. The van der Waals surface area contributed by atoms with Gasteiger partial charge in [0.05, 0.1) is 31.0 Å². The summed E-state index contributed by atoms with van der Waals surface area (Å²) >= 11 is 0. The van der Waals surface area contributed by atoms with Gasteiger partial charge in [0, 0.05) is 44.2 Å². The van der Waals surface area contributed by atoms with Crippen molar-refractivity contribution in [3.8, 4) is 11.8 Å². The van der Waals surface area contributed by atoms with Crippen LogP contribution in [0.1, 0.15) is 93.2 Å². The molecule has 0 radical (unpaired) electrons. The molecule has 1 saturated carbocycles. The van der Waals surface area contributed by atoms with Crippen molar-refractivity contribution in [1.29, 1.82) is 0 Å². The number of nitrogens with zero attached hydrogens (tertiary/aromatic N) is 4. The molecule has 4 heterocycles. The zero-order chi connectivity index (χ0) is 32.9. The molecular weight excluding hydrogens is 610 g/mol. The molecule has 3 saturated heterocycles. The van der Waals surface area contributed by atoms with Gasteiger partial charge in [-0.2, -0.15) is 5.10 Å². The van der Waals surface area contributed by atoms with Crippen molar-refractivity contribution in [2.75, 3.05) is 38.5 Å². The van der Waals surface area contributed by atoms with Gasteiger partial charge < -0.3 is 20.1 Å². The van der Waals surface area contributed by atoms with E-state index in [0.29, 0.717) is 25.4 Å². The molecule has 3 amide bonds. The molecule has 252 valence electrons. The van der Waals surface area contributed by atoms with E-state index in [1.54, 1.807) is 10.9 Å². The molecule has 0 bridgehead atoms. The molecule has 1 aliphatic carbocycles. The minimum absolute atomic E-state index is 0.0730. The molecular formula is C34H42F2N6O5. The van der Waals surface area contributed by atoms with Crippen LogP contribution in [0, 0.1) is 17.8 Å². The number of carbonyl (C=O) groups excluding carboxylic acids is 3. The van der Waals surface area contributed by atoms with E-state index in [-0.39, 0.29) is 42.4 Å². The Bertz CT molecular complexity index is 1490. The lowest BCUT2D eigenvalue weighted by atomic mass is 9.85. The number of hydrogen-bond donors (Lipinski definition) is 2. The summed E-state index contributed by atoms with van der Waals surface area (Å²) in [6.45, 7) is 3.92. The SMILES string of the molecule is Nc1cn([C@H]2CC[C@H](CN3CCC(OCCC#Cc4ccc([C@@H]5CN([C@@H]6CCC(=O)NC6=O)C(=O)O5)cc4)CC3)CC2)nc1C(F)F. The number of amides is 3. The monoisotopic (exact) mass is 652 g/mol. The third kappa shape index (κ3) is 8.11. The van der Waals surface area contributed by atoms with E-state index in [1.807, 2.05) is 24.3 Å². The second-order valence-corrected chi connectivity index (χ2v) is 13.0. The van der Waals surface area contributed by atoms with Crippen LogP contribution < -0.4 is 11.1 Å². The van der Waals surface area contributed by atoms with Gasteiger partial charge in [0.1, 0.15) is 12.1 Å². The standard InChI is InChI=1S/C34H42F2N6O5/c35-32(36)31-27(37)20-42(39-31)25-10-6-23(7-11-25)19-40-16-14-26(15-17-40)46-18-2-1-3-22-4-8-24(9-5-22)29-21-41(34(45)47-29)28-12-13-30(43)38-33(28)44/h4-5,8-9,20,23,25-26,28-29,32H,2,6-7,10-19,21,37H2,(H,38,43,44)/t23-,25-,28-,29+/m1/s1. The topological polar surface area (TPSA) is 132 Å². The number of cyclic esters (lactones) is 1. The number of benzene rings is 1. The number of carbonyl (C=O) groups is 3. The van der Waals surface area contributed by atoms with Crippen molar-refractivity contribution >= 4 is 23.6 Å². The number of likely N-dealkylation sites (tertiary alicyclic amines) is 1. The molecule has 1 aromatic carbocycles. The van der Waals surface area contributed by atoms with E-state index >= 15 is 0 Å². The third-order valence-electron chi connectivity index (χ3n) is 9.76. The van der Waals surface area contributed by atoms with E-state index in [1.165, 1.54) is 4.90 Å². The van der Waals surface area contributed by atoms with E-state index in [9.17, 15) is 23.2 Å². The van der Waals surface area contributed by atoms with Gasteiger partial charge in [-0.25, -0.2) is 13.6 Å². The Kier molecular flexibility index (Phi) is 10.4. The van der Waals surface area contributed by atoms with Crippen LogP contribution in [0.4, 0.5) is 19.3 Å². The highest BCUT2D eigenvalue weighted by Gasteiger charge is 2.42. The first-order valence-corrected chi connectivity index (χ1v) is 16.6. The van der Waals surface area contributed by atoms with Gasteiger partial charge in [0.25, 0.3) is 6.43 Å². The van der Waals surface area contributed by atoms with Crippen LogP contribution in [0.5, 0.6) is 0 Å². The second kappa shape index (κ2) is 14.8. The molecule has 2 atom stereocenters. The summed E-state index contributed by atoms with van der Waals surface area (Å²) in [5.41, 5.74) is 7.16. The molecule has 0 unspecified atom stereocenters. The molecule has 13 heteroatoms. The zero-order valence-corrected chi connectivity index (χ0v) is 26.4. The fourth-order valence-corrected chi connectivity index (χ4v) is 7.10. The predicted molar refractivity (Wildman–Crippen MR) is 168 cm³/mol. The van der Waals surface area contributed by atoms with E-state index in [0.717, 1.165) is 69.3 Å². The summed E-state index contributed by atoms with van der Waals surface area (Å²) in [5, 5.41) is 6.34. The first-order chi connectivity index (χ1) is 22.7. The number of halogens is 2. The van der Waals surface area contributed by atoms with Crippen LogP contribution in [0.3, 0.4) is 0 Å². The number of imide groups is 1. The number of rotatable bonds is 9. The van der Waals surface area contributed by atoms with Gasteiger partial charge in [-0.3, -0.25) is 24.5 Å². The Morgan fingerprint density at radius 3 is 2.47 bits per heavy atom. The van der Waals surface area contributed by atoms with Crippen LogP contribution in [-0.2, 0) is 19.1 Å².